The van der Waals surface area contributed by atoms with Crippen LogP contribution in [0.3, 0.4) is 0 Å². The molecule has 0 spiro atoms. The van der Waals surface area contributed by atoms with Gasteiger partial charge in [0.15, 0.2) is 0 Å². The molecular weight excluding hydrogens is 254 g/mol. The first-order valence-corrected chi connectivity index (χ1v) is 6.14. The molecule has 3 nitrogen and oxygen atoms in total. The van der Waals surface area contributed by atoms with Gasteiger partial charge in [-0.3, -0.25) is 0 Å². The molecule has 0 aliphatic carbocycles. The molecule has 82 valence electrons. The highest BCUT2D eigenvalue weighted by Crippen LogP contribution is 2.18. The third-order valence-corrected chi connectivity index (χ3v) is 3.51. The molecule has 1 aliphatic heterocycles. The van der Waals surface area contributed by atoms with Gasteiger partial charge in [0.1, 0.15) is 4.60 Å². The van der Waals surface area contributed by atoms with Crippen LogP contribution in [-0.2, 0) is 0 Å². The number of nitrogens with one attached hydrogen (secondary N) is 2. The van der Waals surface area contributed by atoms with Gasteiger partial charge in [-0.15, -0.1) is 0 Å². The molecule has 2 rings (SSSR count). The Morgan fingerprint density at radius 3 is 3.13 bits per heavy atom. The van der Waals surface area contributed by atoms with Crippen molar-refractivity contribution < 1.29 is 0 Å². The minimum atomic E-state index is 0.543. The molecule has 2 heterocycles. The molecule has 15 heavy (non-hydrogen) atoms. The van der Waals surface area contributed by atoms with Gasteiger partial charge in [0, 0.05) is 12.6 Å². The van der Waals surface area contributed by atoms with Crippen LogP contribution >= 0.6 is 15.9 Å². The van der Waals surface area contributed by atoms with Gasteiger partial charge in [-0.25, -0.2) is 4.98 Å². The second kappa shape index (κ2) is 4.94. The van der Waals surface area contributed by atoms with Gasteiger partial charge in [-0.1, -0.05) is 0 Å². The van der Waals surface area contributed by atoms with E-state index in [1.807, 2.05) is 6.20 Å². The fourth-order valence-corrected chi connectivity index (χ4v) is 2.06. The normalized spacial score (nSPS) is 21.3. The SMILES string of the molecule is Cc1cc(NC2CCCNC2)cnc1Br. The lowest BCUT2D eigenvalue weighted by atomic mass is 10.1. The van der Waals surface area contributed by atoms with Crippen LogP contribution in [0, 0.1) is 6.92 Å². The van der Waals surface area contributed by atoms with Gasteiger partial charge < -0.3 is 10.6 Å². The van der Waals surface area contributed by atoms with Crippen LogP contribution in [0.1, 0.15) is 18.4 Å². The molecule has 4 heteroatoms. The van der Waals surface area contributed by atoms with E-state index in [0.717, 1.165) is 23.4 Å². The van der Waals surface area contributed by atoms with Crippen molar-refractivity contribution in [2.24, 2.45) is 0 Å². The molecule has 0 bridgehead atoms. The van der Waals surface area contributed by atoms with Gasteiger partial charge in [0.25, 0.3) is 0 Å². The molecule has 0 saturated carbocycles. The van der Waals surface area contributed by atoms with Gasteiger partial charge in [-0.05, 0) is 53.9 Å². The molecule has 2 N–H and O–H groups in total. The van der Waals surface area contributed by atoms with Gasteiger partial charge in [0.05, 0.1) is 11.9 Å². The molecule has 0 amide bonds. The van der Waals surface area contributed by atoms with Crippen LogP contribution in [-0.4, -0.2) is 24.1 Å². The van der Waals surface area contributed by atoms with E-state index in [2.05, 4.69) is 44.5 Å². The smallest absolute Gasteiger partial charge is 0.109 e. The Kier molecular flexibility index (Phi) is 3.59. The summed E-state index contributed by atoms with van der Waals surface area (Å²) in [5.74, 6) is 0. The van der Waals surface area contributed by atoms with Crippen molar-refractivity contribution in [1.29, 1.82) is 0 Å². The molecule has 0 radical (unpaired) electrons. The lowest BCUT2D eigenvalue weighted by Crippen LogP contribution is -2.38. The topological polar surface area (TPSA) is 37.0 Å². The van der Waals surface area contributed by atoms with E-state index in [0.29, 0.717) is 6.04 Å². The predicted octanol–water partition coefficient (Wildman–Crippen LogP) is 2.32. The molecule has 0 aromatic carbocycles. The molecule has 1 unspecified atom stereocenters. The standard InChI is InChI=1S/C11H16BrN3/c1-8-5-10(7-14-11(8)12)15-9-3-2-4-13-6-9/h5,7,9,13,15H,2-4,6H2,1H3. The lowest BCUT2D eigenvalue weighted by Gasteiger charge is -2.24. The Morgan fingerprint density at radius 2 is 2.47 bits per heavy atom. The Labute approximate surface area is 98.8 Å². The van der Waals surface area contributed by atoms with E-state index in [-0.39, 0.29) is 0 Å². The van der Waals surface area contributed by atoms with Crippen molar-refractivity contribution in [3.8, 4) is 0 Å². The van der Waals surface area contributed by atoms with Crippen molar-refractivity contribution in [1.82, 2.24) is 10.3 Å². The number of piperidine rings is 1. The average molecular weight is 270 g/mol. The summed E-state index contributed by atoms with van der Waals surface area (Å²) >= 11 is 3.40. The fraction of sp³-hybridized carbons (Fsp3) is 0.545. The maximum Gasteiger partial charge on any atom is 0.109 e. The average Bonchev–Trinajstić information content (AvgIpc) is 2.25. The van der Waals surface area contributed by atoms with E-state index in [4.69, 9.17) is 0 Å². The second-order valence-electron chi connectivity index (χ2n) is 4.02. The van der Waals surface area contributed by atoms with E-state index >= 15 is 0 Å². The zero-order valence-electron chi connectivity index (χ0n) is 8.89. The summed E-state index contributed by atoms with van der Waals surface area (Å²) in [5, 5.41) is 6.89. The van der Waals surface area contributed by atoms with Crippen LogP contribution in [0.25, 0.3) is 0 Å². The fourth-order valence-electron chi connectivity index (χ4n) is 1.85. The third kappa shape index (κ3) is 2.92. The Balaban J connectivity index is 2.00. The van der Waals surface area contributed by atoms with Crippen LogP contribution < -0.4 is 10.6 Å². The number of hydrogen-bond donors (Lipinski definition) is 2. The number of halogens is 1. The largest absolute Gasteiger partial charge is 0.380 e. The minimum Gasteiger partial charge on any atom is -0.380 e. The molecule has 1 aliphatic rings. The molecule has 1 aromatic heterocycles. The van der Waals surface area contributed by atoms with Gasteiger partial charge in [0.2, 0.25) is 0 Å². The predicted molar refractivity (Wildman–Crippen MR) is 66.2 cm³/mol. The summed E-state index contributed by atoms with van der Waals surface area (Å²) in [6.45, 7) is 4.26. The summed E-state index contributed by atoms with van der Waals surface area (Å²) in [7, 11) is 0. The number of hydrogen-bond acceptors (Lipinski definition) is 3. The molecule has 1 fully saturated rings. The zero-order valence-corrected chi connectivity index (χ0v) is 10.5. The molecule has 1 aromatic rings. The Hall–Kier alpha value is -0.610. The number of aryl methyl sites for hydroxylation is 1. The monoisotopic (exact) mass is 269 g/mol. The summed E-state index contributed by atoms with van der Waals surface area (Å²) in [6.07, 6.45) is 4.37. The maximum atomic E-state index is 4.28. The van der Waals surface area contributed by atoms with E-state index < -0.39 is 0 Å². The first-order valence-electron chi connectivity index (χ1n) is 5.35. The quantitative estimate of drug-likeness (QED) is 0.810. The number of pyridine rings is 1. The summed E-state index contributed by atoms with van der Waals surface area (Å²) in [5.41, 5.74) is 2.29. The minimum absolute atomic E-state index is 0.543. The van der Waals surface area contributed by atoms with Crippen LogP contribution in [0.2, 0.25) is 0 Å². The lowest BCUT2D eigenvalue weighted by molar-refractivity contribution is 0.480. The van der Waals surface area contributed by atoms with Crippen molar-refractivity contribution in [2.45, 2.75) is 25.8 Å². The number of rotatable bonds is 2. The van der Waals surface area contributed by atoms with E-state index in [1.54, 1.807) is 0 Å². The first kappa shape index (κ1) is 10.9. The Morgan fingerprint density at radius 1 is 1.60 bits per heavy atom. The second-order valence-corrected chi connectivity index (χ2v) is 4.77. The van der Waals surface area contributed by atoms with E-state index in [9.17, 15) is 0 Å². The first-order chi connectivity index (χ1) is 7.25. The zero-order chi connectivity index (χ0) is 10.7. The van der Waals surface area contributed by atoms with Crippen molar-refractivity contribution in [3.63, 3.8) is 0 Å². The number of nitrogens with zero attached hydrogens (tertiary/aromatic N) is 1. The molecular formula is C11H16BrN3. The van der Waals surface area contributed by atoms with Crippen molar-refractivity contribution in [2.75, 3.05) is 18.4 Å². The Bertz CT molecular complexity index is 335. The van der Waals surface area contributed by atoms with Crippen LogP contribution in [0.4, 0.5) is 5.69 Å². The van der Waals surface area contributed by atoms with Crippen LogP contribution in [0.5, 0.6) is 0 Å². The maximum absolute atomic E-state index is 4.28. The highest BCUT2D eigenvalue weighted by Gasteiger charge is 2.12. The summed E-state index contributed by atoms with van der Waals surface area (Å²) in [6, 6.07) is 2.67. The summed E-state index contributed by atoms with van der Waals surface area (Å²) in [4.78, 5) is 4.28. The third-order valence-electron chi connectivity index (χ3n) is 2.68. The van der Waals surface area contributed by atoms with Gasteiger partial charge >= 0.3 is 0 Å². The van der Waals surface area contributed by atoms with Crippen molar-refractivity contribution in [3.05, 3.63) is 22.4 Å². The molecule has 1 atom stereocenters. The van der Waals surface area contributed by atoms with E-state index in [1.165, 1.54) is 18.4 Å². The summed E-state index contributed by atoms with van der Waals surface area (Å²) < 4.78 is 0.926. The number of aromatic nitrogens is 1. The number of anilines is 1. The highest BCUT2D eigenvalue weighted by molar-refractivity contribution is 9.10. The van der Waals surface area contributed by atoms with Gasteiger partial charge in [-0.2, -0.15) is 0 Å². The van der Waals surface area contributed by atoms with Crippen LogP contribution in [0.15, 0.2) is 16.9 Å². The molecule has 1 saturated heterocycles. The van der Waals surface area contributed by atoms with Crippen molar-refractivity contribution >= 4 is 21.6 Å². The highest BCUT2D eigenvalue weighted by atomic mass is 79.9.